The van der Waals surface area contributed by atoms with Crippen LogP contribution in [0.15, 0.2) is 30.7 Å². The van der Waals surface area contributed by atoms with Gasteiger partial charge in [0.1, 0.15) is 11.5 Å². The molecular formula is C15H20N4O2. The van der Waals surface area contributed by atoms with E-state index in [2.05, 4.69) is 9.88 Å². The summed E-state index contributed by atoms with van der Waals surface area (Å²) in [4.78, 5) is 17.9. The number of nitrogens with zero attached hydrogens (tertiary/aromatic N) is 4. The highest BCUT2D eigenvalue weighted by molar-refractivity contribution is 5.85. The average molecular weight is 288 g/mol. The quantitative estimate of drug-likeness (QED) is 0.931. The molecular weight excluding hydrogens is 268 g/mol. The van der Waals surface area contributed by atoms with Crippen molar-refractivity contribution in [1.82, 2.24) is 19.0 Å². The third-order valence-corrected chi connectivity index (χ3v) is 4.23. The number of rotatable bonds is 4. The van der Waals surface area contributed by atoms with Crippen molar-refractivity contribution in [3.8, 4) is 0 Å². The standard InChI is InChI=1S/C15H20N4O2/c1-17-10-6-16-14(17)11-18-8-4-12(5-9-18)19-7-2-3-13(19)15(20)21/h2-3,6-7,10,12H,4-5,8-9,11H2,1H3,(H,20,21). The predicted octanol–water partition coefficient (Wildman–Crippen LogP) is 1.76. The fourth-order valence-corrected chi connectivity index (χ4v) is 3.00. The zero-order valence-corrected chi connectivity index (χ0v) is 12.1. The molecule has 1 N–H and O–H groups in total. The summed E-state index contributed by atoms with van der Waals surface area (Å²) in [5.74, 6) is 0.219. The molecule has 1 fully saturated rings. The first-order valence-electron chi connectivity index (χ1n) is 7.24. The Morgan fingerprint density at radius 2 is 2.14 bits per heavy atom. The molecule has 2 aromatic heterocycles. The van der Waals surface area contributed by atoms with E-state index in [4.69, 9.17) is 0 Å². The van der Waals surface area contributed by atoms with Crippen LogP contribution in [0.1, 0.15) is 35.2 Å². The van der Waals surface area contributed by atoms with Gasteiger partial charge in [0.05, 0.1) is 6.54 Å². The minimum atomic E-state index is -0.851. The van der Waals surface area contributed by atoms with Crippen molar-refractivity contribution < 1.29 is 9.90 Å². The number of aromatic carboxylic acids is 1. The summed E-state index contributed by atoms with van der Waals surface area (Å²) >= 11 is 0. The number of carboxylic acid groups (broad SMARTS) is 1. The molecule has 1 aliphatic heterocycles. The van der Waals surface area contributed by atoms with Crippen molar-refractivity contribution in [2.75, 3.05) is 13.1 Å². The maximum Gasteiger partial charge on any atom is 0.352 e. The Balaban J connectivity index is 1.61. The van der Waals surface area contributed by atoms with Crippen LogP contribution < -0.4 is 0 Å². The molecule has 6 nitrogen and oxygen atoms in total. The number of hydrogen-bond donors (Lipinski definition) is 1. The minimum Gasteiger partial charge on any atom is -0.477 e. The summed E-state index contributed by atoms with van der Waals surface area (Å²) in [7, 11) is 2.01. The maximum absolute atomic E-state index is 11.2. The molecule has 0 unspecified atom stereocenters. The van der Waals surface area contributed by atoms with Crippen LogP contribution in [0.25, 0.3) is 0 Å². The van der Waals surface area contributed by atoms with Crippen LogP contribution in [0.2, 0.25) is 0 Å². The van der Waals surface area contributed by atoms with Crippen LogP contribution in [0, 0.1) is 0 Å². The van der Waals surface area contributed by atoms with E-state index in [1.165, 1.54) is 0 Å². The van der Waals surface area contributed by atoms with E-state index in [1.807, 2.05) is 40.8 Å². The zero-order valence-electron chi connectivity index (χ0n) is 12.1. The number of piperidine rings is 1. The third kappa shape index (κ3) is 2.85. The Bertz CT molecular complexity index is 623. The van der Waals surface area contributed by atoms with Gasteiger partial charge < -0.3 is 14.2 Å². The van der Waals surface area contributed by atoms with E-state index < -0.39 is 5.97 Å². The zero-order chi connectivity index (χ0) is 14.8. The highest BCUT2D eigenvalue weighted by Gasteiger charge is 2.23. The monoisotopic (exact) mass is 288 g/mol. The van der Waals surface area contributed by atoms with Crippen molar-refractivity contribution in [3.63, 3.8) is 0 Å². The van der Waals surface area contributed by atoms with E-state index in [0.717, 1.165) is 38.3 Å². The summed E-state index contributed by atoms with van der Waals surface area (Å²) < 4.78 is 3.95. The van der Waals surface area contributed by atoms with Gasteiger partial charge >= 0.3 is 5.97 Å². The normalized spacial score (nSPS) is 17.2. The van der Waals surface area contributed by atoms with E-state index >= 15 is 0 Å². The van der Waals surface area contributed by atoms with Gasteiger partial charge in [-0.3, -0.25) is 4.90 Å². The van der Waals surface area contributed by atoms with E-state index in [9.17, 15) is 9.90 Å². The lowest BCUT2D eigenvalue weighted by Crippen LogP contribution is -2.35. The van der Waals surface area contributed by atoms with Gasteiger partial charge in [0.25, 0.3) is 0 Å². The summed E-state index contributed by atoms with van der Waals surface area (Å²) in [5.41, 5.74) is 0.387. The molecule has 0 aromatic carbocycles. The molecule has 1 saturated heterocycles. The Morgan fingerprint density at radius 1 is 1.38 bits per heavy atom. The number of aromatic nitrogens is 3. The maximum atomic E-state index is 11.2. The Labute approximate surface area is 123 Å². The first-order chi connectivity index (χ1) is 10.1. The summed E-state index contributed by atoms with van der Waals surface area (Å²) in [6.07, 6.45) is 7.60. The van der Waals surface area contributed by atoms with Gasteiger partial charge in [-0.1, -0.05) is 0 Å². The van der Waals surface area contributed by atoms with E-state index in [0.29, 0.717) is 5.69 Å². The summed E-state index contributed by atoms with van der Waals surface area (Å²) in [6.45, 7) is 2.79. The molecule has 1 aliphatic rings. The van der Waals surface area contributed by atoms with Gasteiger partial charge in [-0.15, -0.1) is 0 Å². The fourth-order valence-electron chi connectivity index (χ4n) is 3.00. The summed E-state index contributed by atoms with van der Waals surface area (Å²) in [5, 5.41) is 9.20. The number of imidazole rings is 1. The highest BCUT2D eigenvalue weighted by atomic mass is 16.4. The van der Waals surface area contributed by atoms with Gasteiger partial charge in [0, 0.05) is 44.8 Å². The van der Waals surface area contributed by atoms with Crippen molar-refractivity contribution in [2.45, 2.75) is 25.4 Å². The topological polar surface area (TPSA) is 63.3 Å². The molecule has 6 heteroatoms. The second kappa shape index (κ2) is 5.73. The van der Waals surface area contributed by atoms with Gasteiger partial charge in [-0.2, -0.15) is 0 Å². The molecule has 3 heterocycles. The minimum absolute atomic E-state index is 0.281. The lowest BCUT2D eigenvalue weighted by atomic mass is 10.0. The number of carboxylic acids is 1. The number of carbonyl (C=O) groups is 1. The highest BCUT2D eigenvalue weighted by Crippen LogP contribution is 2.25. The molecule has 0 saturated carbocycles. The Morgan fingerprint density at radius 3 is 2.76 bits per heavy atom. The van der Waals surface area contributed by atoms with Crippen LogP contribution in [-0.4, -0.2) is 43.2 Å². The van der Waals surface area contributed by atoms with E-state index in [1.54, 1.807) is 6.07 Å². The number of aryl methyl sites for hydroxylation is 1. The van der Waals surface area contributed by atoms with Crippen LogP contribution in [0.3, 0.4) is 0 Å². The van der Waals surface area contributed by atoms with Crippen molar-refractivity contribution in [1.29, 1.82) is 0 Å². The van der Waals surface area contributed by atoms with Crippen LogP contribution in [0.5, 0.6) is 0 Å². The van der Waals surface area contributed by atoms with Gasteiger partial charge in [-0.05, 0) is 25.0 Å². The van der Waals surface area contributed by atoms with Crippen molar-refractivity contribution in [3.05, 3.63) is 42.2 Å². The molecule has 0 aliphatic carbocycles. The molecule has 0 bridgehead atoms. The second-order valence-electron chi connectivity index (χ2n) is 5.57. The van der Waals surface area contributed by atoms with Gasteiger partial charge in [0.2, 0.25) is 0 Å². The molecule has 0 amide bonds. The number of hydrogen-bond acceptors (Lipinski definition) is 3. The van der Waals surface area contributed by atoms with Crippen LogP contribution in [-0.2, 0) is 13.6 Å². The largest absolute Gasteiger partial charge is 0.477 e. The molecule has 2 aromatic rings. The second-order valence-corrected chi connectivity index (χ2v) is 5.57. The number of likely N-dealkylation sites (tertiary alicyclic amines) is 1. The van der Waals surface area contributed by atoms with Crippen molar-refractivity contribution >= 4 is 5.97 Å². The molecule has 3 rings (SSSR count). The molecule has 21 heavy (non-hydrogen) atoms. The SMILES string of the molecule is Cn1ccnc1CN1CCC(n2cccc2C(=O)O)CC1. The molecule has 112 valence electrons. The van der Waals surface area contributed by atoms with Gasteiger partial charge in [-0.25, -0.2) is 9.78 Å². The molecule has 0 atom stereocenters. The van der Waals surface area contributed by atoms with Gasteiger partial charge in [0.15, 0.2) is 0 Å². The predicted molar refractivity (Wildman–Crippen MR) is 78.1 cm³/mol. The Kier molecular flexibility index (Phi) is 3.79. The first kappa shape index (κ1) is 13.9. The summed E-state index contributed by atoms with van der Waals surface area (Å²) in [6, 6.07) is 3.76. The van der Waals surface area contributed by atoms with Crippen LogP contribution >= 0.6 is 0 Å². The van der Waals surface area contributed by atoms with Crippen molar-refractivity contribution in [2.24, 2.45) is 7.05 Å². The third-order valence-electron chi connectivity index (χ3n) is 4.23. The lowest BCUT2D eigenvalue weighted by Gasteiger charge is -2.33. The molecule has 0 spiro atoms. The van der Waals surface area contributed by atoms with Crippen LogP contribution in [0.4, 0.5) is 0 Å². The average Bonchev–Trinajstić information content (AvgIpc) is 3.10. The lowest BCUT2D eigenvalue weighted by molar-refractivity contribution is 0.0678. The first-order valence-corrected chi connectivity index (χ1v) is 7.24. The molecule has 0 radical (unpaired) electrons. The Hall–Kier alpha value is -2.08. The smallest absolute Gasteiger partial charge is 0.352 e. The fraction of sp³-hybridized carbons (Fsp3) is 0.467. The van der Waals surface area contributed by atoms with E-state index in [-0.39, 0.29) is 6.04 Å².